The fourth-order valence-electron chi connectivity index (χ4n) is 3.61. The number of hydrogen-bond acceptors (Lipinski definition) is 7. The van der Waals surface area contributed by atoms with E-state index in [1.54, 1.807) is 42.5 Å². The first-order valence-corrected chi connectivity index (χ1v) is 10.8. The maximum absolute atomic E-state index is 13.8. The van der Waals surface area contributed by atoms with E-state index in [0.29, 0.717) is 34.4 Å². The molecule has 3 rings (SSSR count). The van der Waals surface area contributed by atoms with E-state index in [1.165, 1.54) is 30.9 Å². The molecule has 0 N–H and O–H groups in total. The summed E-state index contributed by atoms with van der Waals surface area (Å²) in [6.45, 7) is 4.05. The van der Waals surface area contributed by atoms with E-state index in [0.717, 1.165) is 0 Å². The topological polar surface area (TPSA) is 100.0 Å². The van der Waals surface area contributed by atoms with Gasteiger partial charge in [0.1, 0.15) is 18.0 Å². The Morgan fingerprint density at radius 3 is 2.18 bits per heavy atom. The van der Waals surface area contributed by atoms with Crippen LogP contribution in [-0.4, -0.2) is 54.4 Å². The highest BCUT2D eigenvalue weighted by Gasteiger charge is 2.25. The van der Waals surface area contributed by atoms with Gasteiger partial charge in [-0.1, -0.05) is 32.0 Å². The highest BCUT2D eigenvalue weighted by Crippen LogP contribution is 2.24. The molecule has 1 aromatic heterocycles. The van der Waals surface area contributed by atoms with Crippen LogP contribution in [0.25, 0.3) is 10.8 Å². The molecule has 0 spiro atoms. The predicted molar refractivity (Wildman–Crippen MR) is 127 cm³/mol. The van der Waals surface area contributed by atoms with Crippen molar-refractivity contribution >= 4 is 22.6 Å². The molecule has 9 heteroatoms. The SMILES string of the molecule is COC(=O)CN(Cc1cc(OC)cc(OC)c1)C(=O)c1nn(CC(C)C)c(=O)c2ccccc12. The van der Waals surface area contributed by atoms with Crippen molar-refractivity contribution < 1.29 is 23.8 Å². The van der Waals surface area contributed by atoms with Crippen molar-refractivity contribution in [3.05, 3.63) is 64.1 Å². The molecular weight excluding hydrogens is 438 g/mol. The number of methoxy groups -OCH3 is 3. The first kappa shape index (κ1) is 24.8. The molecular formula is C25H29N3O6. The summed E-state index contributed by atoms with van der Waals surface area (Å²) in [6, 6.07) is 12.1. The lowest BCUT2D eigenvalue weighted by Crippen LogP contribution is -2.38. The minimum absolute atomic E-state index is 0.0702. The minimum Gasteiger partial charge on any atom is -0.497 e. The molecule has 0 unspecified atom stereocenters. The number of ether oxygens (including phenoxy) is 3. The molecule has 0 aliphatic carbocycles. The molecule has 2 aromatic carbocycles. The third-order valence-electron chi connectivity index (χ3n) is 5.23. The molecule has 0 saturated carbocycles. The molecule has 0 aliphatic rings. The van der Waals surface area contributed by atoms with Crippen LogP contribution in [0.4, 0.5) is 0 Å². The summed E-state index contributed by atoms with van der Waals surface area (Å²) in [5, 5.41) is 5.23. The number of amides is 1. The van der Waals surface area contributed by atoms with Crippen molar-refractivity contribution in [3.8, 4) is 11.5 Å². The van der Waals surface area contributed by atoms with Crippen LogP contribution in [0.2, 0.25) is 0 Å². The summed E-state index contributed by atoms with van der Waals surface area (Å²) < 4.78 is 16.8. The molecule has 34 heavy (non-hydrogen) atoms. The van der Waals surface area contributed by atoms with Gasteiger partial charge in [0.2, 0.25) is 0 Å². The third-order valence-corrected chi connectivity index (χ3v) is 5.23. The van der Waals surface area contributed by atoms with Gasteiger partial charge in [-0.2, -0.15) is 5.10 Å². The van der Waals surface area contributed by atoms with Crippen LogP contribution in [0, 0.1) is 5.92 Å². The second kappa shape index (κ2) is 10.8. The number of nitrogens with zero attached hydrogens (tertiary/aromatic N) is 3. The molecule has 0 radical (unpaired) electrons. The number of carbonyl (C=O) groups is 2. The number of rotatable bonds is 9. The predicted octanol–water partition coefficient (Wildman–Crippen LogP) is 2.89. The number of benzene rings is 2. The van der Waals surface area contributed by atoms with Crippen LogP contribution >= 0.6 is 0 Å². The van der Waals surface area contributed by atoms with E-state index in [1.807, 2.05) is 13.8 Å². The average molecular weight is 468 g/mol. The Kier molecular flexibility index (Phi) is 7.88. The average Bonchev–Trinajstić information content (AvgIpc) is 2.84. The van der Waals surface area contributed by atoms with Crippen molar-refractivity contribution in [2.45, 2.75) is 26.9 Å². The van der Waals surface area contributed by atoms with E-state index < -0.39 is 11.9 Å². The van der Waals surface area contributed by atoms with Gasteiger partial charge in [0.05, 0.1) is 26.7 Å². The number of aromatic nitrogens is 2. The lowest BCUT2D eigenvalue weighted by molar-refractivity contribution is -0.141. The van der Waals surface area contributed by atoms with Crippen molar-refractivity contribution in [2.24, 2.45) is 5.92 Å². The molecule has 0 atom stereocenters. The van der Waals surface area contributed by atoms with Gasteiger partial charge in [-0.05, 0) is 29.7 Å². The number of carbonyl (C=O) groups excluding carboxylic acids is 2. The molecule has 1 heterocycles. The molecule has 0 aliphatic heterocycles. The molecule has 1 amide bonds. The van der Waals surface area contributed by atoms with Crippen molar-refractivity contribution in [3.63, 3.8) is 0 Å². The zero-order valence-corrected chi connectivity index (χ0v) is 20.0. The monoisotopic (exact) mass is 467 g/mol. The Bertz CT molecular complexity index is 1230. The highest BCUT2D eigenvalue weighted by molar-refractivity contribution is 6.05. The van der Waals surface area contributed by atoms with Crippen LogP contribution < -0.4 is 15.0 Å². The van der Waals surface area contributed by atoms with Gasteiger partial charge in [0, 0.05) is 24.5 Å². The third kappa shape index (κ3) is 5.54. The Balaban J connectivity index is 2.11. The summed E-state index contributed by atoms with van der Waals surface area (Å²) in [7, 11) is 4.32. The van der Waals surface area contributed by atoms with E-state index in [4.69, 9.17) is 14.2 Å². The summed E-state index contributed by atoms with van der Waals surface area (Å²) in [5.41, 5.74) is 0.515. The Labute approximate surface area is 197 Å². The lowest BCUT2D eigenvalue weighted by atomic mass is 10.1. The van der Waals surface area contributed by atoms with Gasteiger partial charge >= 0.3 is 5.97 Å². The Morgan fingerprint density at radius 2 is 1.62 bits per heavy atom. The smallest absolute Gasteiger partial charge is 0.325 e. The maximum Gasteiger partial charge on any atom is 0.325 e. The number of fused-ring (bicyclic) bond motifs is 1. The summed E-state index contributed by atoms with van der Waals surface area (Å²) in [5.74, 6) is 0.163. The van der Waals surface area contributed by atoms with Crippen LogP contribution in [0.5, 0.6) is 11.5 Å². The lowest BCUT2D eigenvalue weighted by Gasteiger charge is -2.23. The number of esters is 1. The molecule has 0 fully saturated rings. The zero-order valence-electron chi connectivity index (χ0n) is 20.0. The van der Waals surface area contributed by atoms with Crippen molar-refractivity contribution in [1.82, 2.24) is 14.7 Å². The molecule has 3 aromatic rings. The normalized spacial score (nSPS) is 10.9. The second-order valence-electron chi connectivity index (χ2n) is 8.23. The first-order valence-electron chi connectivity index (χ1n) is 10.8. The molecule has 9 nitrogen and oxygen atoms in total. The standard InChI is InChI=1S/C25H29N3O6/c1-16(2)13-28-24(30)21-9-7-6-8-20(21)23(26-28)25(31)27(15-22(29)34-5)14-17-10-18(32-3)12-19(11-17)33-4/h6-12,16H,13-15H2,1-5H3. The molecule has 180 valence electrons. The van der Waals surface area contributed by atoms with Gasteiger partial charge in [0.15, 0.2) is 5.69 Å². The molecule has 0 bridgehead atoms. The zero-order chi connectivity index (χ0) is 24.8. The summed E-state index contributed by atoms with van der Waals surface area (Å²) in [6.07, 6.45) is 0. The van der Waals surface area contributed by atoms with Crippen molar-refractivity contribution in [2.75, 3.05) is 27.9 Å². The summed E-state index contributed by atoms with van der Waals surface area (Å²) >= 11 is 0. The highest BCUT2D eigenvalue weighted by atomic mass is 16.5. The van der Waals surface area contributed by atoms with Gasteiger partial charge in [-0.3, -0.25) is 14.4 Å². The quantitative estimate of drug-likeness (QED) is 0.446. The van der Waals surface area contributed by atoms with E-state index in [9.17, 15) is 14.4 Å². The van der Waals surface area contributed by atoms with E-state index in [2.05, 4.69) is 5.10 Å². The van der Waals surface area contributed by atoms with Crippen LogP contribution in [0.1, 0.15) is 29.9 Å². The Morgan fingerprint density at radius 1 is 1.00 bits per heavy atom. The van der Waals surface area contributed by atoms with Crippen LogP contribution in [0.3, 0.4) is 0 Å². The minimum atomic E-state index is -0.581. The van der Waals surface area contributed by atoms with Crippen molar-refractivity contribution in [1.29, 1.82) is 0 Å². The van der Waals surface area contributed by atoms with Gasteiger partial charge < -0.3 is 19.1 Å². The van der Waals surface area contributed by atoms with Gasteiger partial charge in [-0.15, -0.1) is 0 Å². The number of hydrogen-bond donors (Lipinski definition) is 0. The maximum atomic E-state index is 13.8. The van der Waals surface area contributed by atoms with E-state index in [-0.39, 0.29) is 30.3 Å². The molecule has 0 saturated heterocycles. The fourth-order valence-corrected chi connectivity index (χ4v) is 3.61. The van der Waals surface area contributed by atoms with Crippen LogP contribution in [0.15, 0.2) is 47.3 Å². The summed E-state index contributed by atoms with van der Waals surface area (Å²) in [4.78, 5) is 40.2. The fraction of sp³-hybridized carbons (Fsp3) is 0.360. The van der Waals surface area contributed by atoms with Crippen LogP contribution in [-0.2, 0) is 22.6 Å². The van der Waals surface area contributed by atoms with Gasteiger partial charge in [-0.25, -0.2) is 4.68 Å². The van der Waals surface area contributed by atoms with Gasteiger partial charge in [0.25, 0.3) is 11.5 Å². The first-order chi connectivity index (χ1) is 16.3. The van der Waals surface area contributed by atoms with E-state index >= 15 is 0 Å². The Hall–Kier alpha value is -3.88. The second-order valence-corrected chi connectivity index (χ2v) is 8.23. The largest absolute Gasteiger partial charge is 0.497 e.